The van der Waals surface area contributed by atoms with Gasteiger partial charge in [-0.2, -0.15) is 0 Å². The molecule has 1 aliphatic rings. The molecule has 0 unspecified atom stereocenters. The van der Waals surface area contributed by atoms with Crippen LogP contribution in [0.15, 0.2) is 54.6 Å². The Hall–Kier alpha value is -3.15. The van der Waals surface area contributed by atoms with Crippen LogP contribution in [0.5, 0.6) is 0 Å². The zero-order valence-electron chi connectivity index (χ0n) is 17.5. The fourth-order valence-electron chi connectivity index (χ4n) is 3.91. The zero-order valence-corrected chi connectivity index (χ0v) is 17.5. The molecule has 1 saturated heterocycles. The van der Waals surface area contributed by atoms with Gasteiger partial charge in [0, 0.05) is 13.1 Å². The number of nitrogens with zero attached hydrogens (tertiary/aromatic N) is 1. The highest BCUT2D eigenvalue weighted by Gasteiger charge is 2.26. The molecule has 2 aromatic rings. The van der Waals surface area contributed by atoms with Crippen LogP contribution in [0.1, 0.15) is 36.2 Å². The first-order valence-corrected chi connectivity index (χ1v) is 10.3. The number of rotatable bonds is 6. The summed E-state index contributed by atoms with van der Waals surface area (Å²) in [6, 6.07) is 16.0. The third kappa shape index (κ3) is 5.92. The molecule has 1 N–H and O–H groups in total. The van der Waals surface area contributed by atoms with E-state index >= 15 is 0 Å². The summed E-state index contributed by atoms with van der Waals surface area (Å²) in [5.41, 5.74) is 1.48. The average Bonchev–Trinajstić information content (AvgIpc) is 2.72. The molecule has 0 saturated carbocycles. The lowest BCUT2D eigenvalue weighted by atomic mass is 9.92. The van der Waals surface area contributed by atoms with Crippen LogP contribution in [0, 0.1) is 11.8 Å². The molecule has 158 valence electrons. The van der Waals surface area contributed by atoms with Gasteiger partial charge in [-0.25, -0.2) is 4.79 Å². The number of likely N-dealkylation sites (tertiary alicyclic amines) is 1. The Balaban J connectivity index is 1.58. The van der Waals surface area contributed by atoms with E-state index in [9.17, 15) is 14.4 Å². The quantitative estimate of drug-likeness (QED) is 0.742. The lowest BCUT2D eigenvalue weighted by molar-refractivity contribution is -0.137. The number of hydrogen-bond acceptors (Lipinski definition) is 4. The van der Waals surface area contributed by atoms with Crippen molar-refractivity contribution in [1.29, 1.82) is 0 Å². The minimum Gasteiger partial charge on any atom is -0.452 e. The summed E-state index contributed by atoms with van der Waals surface area (Å²) in [5.74, 6) is -0.166. The normalized spacial score (nSPS) is 18.5. The second-order valence-corrected chi connectivity index (χ2v) is 8.08. The van der Waals surface area contributed by atoms with Gasteiger partial charge in [-0.3, -0.25) is 9.59 Å². The van der Waals surface area contributed by atoms with Crippen molar-refractivity contribution in [1.82, 2.24) is 4.90 Å². The molecule has 0 bridgehead atoms. The largest absolute Gasteiger partial charge is 0.452 e. The SMILES string of the molecule is C[C@H]1C[C@H](C)CN(C(=O)COC(=O)c2ccccc2NC(=O)Cc2ccccc2)C1. The number of piperidine rings is 1. The third-order valence-corrected chi connectivity index (χ3v) is 5.18. The summed E-state index contributed by atoms with van der Waals surface area (Å²) in [7, 11) is 0. The Labute approximate surface area is 177 Å². The van der Waals surface area contributed by atoms with Gasteiger partial charge in [0.25, 0.3) is 5.91 Å². The van der Waals surface area contributed by atoms with Crippen molar-refractivity contribution in [2.45, 2.75) is 26.7 Å². The van der Waals surface area contributed by atoms with Crippen molar-refractivity contribution in [3.05, 3.63) is 65.7 Å². The molecule has 6 nitrogen and oxygen atoms in total. The van der Waals surface area contributed by atoms with E-state index in [1.54, 1.807) is 29.2 Å². The standard InChI is InChI=1S/C24H28N2O4/c1-17-12-18(2)15-26(14-17)23(28)16-30-24(29)20-10-6-7-11-21(20)25-22(27)13-19-8-4-3-5-9-19/h3-11,17-18H,12-16H2,1-2H3,(H,25,27)/t17-,18-/m0/s1. The monoisotopic (exact) mass is 408 g/mol. The Morgan fingerprint density at radius 2 is 1.60 bits per heavy atom. The first-order valence-electron chi connectivity index (χ1n) is 10.3. The molecule has 6 heteroatoms. The van der Waals surface area contributed by atoms with Crippen LogP contribution >= 0.6 is 0 Å². The zero-order chi connectivity index (χ0) is 21.5. The van der Waals surface area contributed by atoms with Gasteiger partial charge in [-0.1, -0.05) is 56.3 Å². The highest BCUT2D eigenvalue weighted by atomic mass is 16.5. The van der Waals surface area contributed by atoms with E-state index in [0.717, 1.165) is 12.0 Å². The van der Waals surface area contributed by atoms with Crippen molar-refractivity contribution in [2.75, 3.05) is 25.0 Å². The maximum Gasteiger partial charge on any atom is 0.340 e. The minimum atomic E-state index is -0.628. The van der Waals surface area contributed by atoms with Crippen LogP contribution in [0.25, 0.3) is 0 Å². The fraction of sp³-hybridized carbons (Fsp3) is 0.375. The van der Waals surface area contributed by atoms with E-state index in [-0.39, 0.29) is 30.4 Å². The van der Waals surface area contributed by atoms with Gasteiger partial charge < -0.3 is 15.0 Å². The molecule has 2 atom stereocenters. The highest BCUT2D eigenvalue weighted by Crippen LogP contribution is 2.21. The van der Waals surface area contributed by atoms with Crippen LogP contribution in [0.2, 0.25) is 0 Å². The maximum absolute atomic E-state index is 12.6. The number of hydrogen-bond donors (Lipinski definition) is 1. The molecular weight excluding hydrogens is 380 g/mol. The topological polar surface area (TPSA) is 75.7 Å². The summed E-state index contributed by atoms with van der Waals surface area (Å²) in [4.78, 5) is 39.2. The smallest absolute Gasteiger partial charge is 0.340 e. The van der Waals surface area contributed by atoms with Crippen LogP contribution < -0.4 is 5.32 Å². The predicted molar refractivity (Wildman–Crippen MR) is 115 cm³/mol. The van der Waals surface area contributed by atoms with E-state index in [0.29, 0.717) is 30.6 Å². The molecule has 1 fully saturated rings. The Morgan fingerprint density at radius 3 is 2.30 bits per heavy atom. The lowest BCUT2D eigenvalue weighted by Gasteiger charge is -2.34. The Bertz CT molecular complexity index is 887. The lowest BCUT2D eigenvalue weighted by Crippen LogP contribution is -2.44. The number of para-hydroxylation sites is 1. The van der Waals surface area contributed by atoms with E-state index in [4.69, 9.17) is 4.74 Å². The number of anilines is 1. The van der Waals surface area contributed by atoms with Crippen molar-refractivity contribution < 1.29 is 19.1 Å². The summed E-state index contributed by atoms with van der Waals surface area (Å²) in [6.07, 6.45) is 1.30. The van der Waals surface area contributed by atoms with Crippen LogP contribution in [-0.2, 0) is 20.7 Å². The molecule has 0 aliphatic carbocycles. The van der Waals surface area contributed by atoms with Gasteiger partial charge in [-0.05, 0) is 36.0 Å². The molecule has 3 rings (SSSR count). The van der Waals surface area contributed by atoms with E-state index in [1.807, 2.05) is 30.3 Å². The van der Waals surface area contributed by atoms with Crippen LogP contribution in [-0.4, -0.2) is 42.4 Å². The summed E-state index contributed by atoms with van der Waals surface area (Å²) < 4.78 is 5.27. The second kappa shape index (κ2) is 10.1. The van der Waals surface area contributed by atoms with Gasteiger partial charge in [-0.15, -0.1) is 0 Å². The molecule has 1 aliphatic heterocycles. The van der Waals surface area contributed by atoms with E-state index < -0.39 is 5.97 Å². The summed E-state index contributed by atoms with van der Waals surface area (Å²) in [5, 5.41) is 2.77. The van der Waals surface area contributed by atoms with Crippen molar-refractivity contribution in [3.63, 3.8) is 0 Å². The minimum absolute atomic E-state index is 0.188. The van der Waals surface area contributed by atoms with Gasteiger partial charge in [0.05, 0.1) is 17.7 Å². The van der Waals surface area contributed by atoms with Gasteiger partial charge in [0.2, 0.25) is 5.91 Å². The highest BCUT2D eigenvalue weighted by molar-refractivity contribution is 6.02. The number of ether oxygens (including phenoxy) is 1. The van der Waals surface area contributed by atoms with E-state index in [1.165, 1.54) is 0 Å². The van der Waals surface area contributed by atoms with Gasteiger partial charge in [0.15, 0.2) is 6.61 Å². The predicted octanol–water partition coefficient (Wildman–Crippen LogP) is 3.53. The molecular formula is C24H28N2O4. The second-order valence-electron chi connectivity index (χ2n) is 8.08. The molecule has 2 amide bonds. The number of benzene rings is 2. The maximum atomic E-state index is 12.6. The van der Waals surface area contributed by atoms with Gasteiger partial charge in [0.1, 0.15) is 0 Å². The summed E-state index contributed by atoms with van der Waals surface area (Å²) >= 11 is 0. The number of carbonyl (C=O) groups is 3. The fourth-order valence-corrected chi connectivity index (χ4v) is 3.91. The number of esters is 1. The molecule has 0 radical (unpaired) electrons. The van der Waals surface area contributed by atoms with E-state index in [2.05, 4.69) is 19.2 Å². The van der Waals surface area contributed by atoms with Crippen LogP contribution in [0.4, 0.5) is 5.69 Å². The molecule has 0 spiro atoms. The first-order chi connectivity index (χ1) is 14.4. The summed E-state index contributed by atoms with van der Waals surface area (Å²) in [6.45, 7) is 5.32. The Kier molecular flexibility index (Phi) is 7.22. The molecule has 2 aromatic carbocycles. The number of nitrogens with one attached hydrogen (secondary N) is 1. The van der Waals surface area contributed by atoms with Crippen molar-refractivity contribution >= 4 is 23.5 Å². The average molecular weight is 408 g/mol. The number of carbonyl (C=O) groups excluding carboxylic acids is 3. The van der Waals surface area contributed by atoms with Crippen molar-refractivity contribution in [3.8, 4) is 0 Å². The third-order valence-electron chi connectivity index (χ3n) is 5.18. The van der Waals surface area contributed by atoms with Gasteiger partial charge >= 0.3 is 5.97 Å². The van der Waals surface area contributed by atoms with Crippen LogP contribution in [0.3, 0.4) is 0 Å². The van der Waals surface area contributed by atoms with Crippen molar-refractivity contribution in [2.24, 2.45) is 11.8 Å². The molecule has 30 heavy (non-hydrogen) atoms. The molecule has 0 aromatic heterocycles. The Morgan fingerprint density at radius 1 is 0.967 bits per heavy atom. The number of amides is 2. The molecule has 1 heterocycles. The first kappa shape index (κ1) is 21.6.